The molecule has 1 aliphatic rings. The van der Waals surface area contributed by atoms with Gasteiger partial charge >= 0.3 is 6.09 Å². The Kier molecular flexibility index (Phi) is 5.27. The number of benzene rings is 2. The fourth-order valence-electron chi connectivity index (χ4n) is 2.63. The number of nitrogens with zero attached hydrogens (tertiary/aromatic N) is 1. The number of hydrogen-bond acceptors (Lipinski definition) is 3. The third-order valence-electron chi connectivity index (χ3n) is 3.94. The van der Waals surface area contributed by atoms with E-state index in [4.69, 9.17) is 9.47 Å². The molecule has 1 fully saturated rings. The van der Waals surface area contributed by atoms with Crippen LogP contribution in [0.2, 0.25) is 0 Å². The molecule has 0 radical (unpaired) electrons. The summed E-state index contributed by atoms with van der Waals surface area (Å²) in [5, 5.41) is 0. The lowest BCUT2D eigenvalue weighted by Gasteiger charge is -2.16. The van der Waals surface area contributed by atoms with Crippen molar-refractivity contribution in [3.05, 3.63) is 71.8 Å². The van der Waals surface area contributed by atoms with Gasteiger partial charge in [0.25, 0.3) is 0 Å². The molecular weight excluding hydrogens is 290 g/mol. The summed E-state index contributed by atoms with van der Waals surface area (Å²) in [6.07, 6.45) is 0.673. The Hall–Kier alpha value is -2.33. The SMILES string of the molecule is O=C(OCc1ccccc1)N1CCC(OCc2ccccc2)C1. The lowest BCUT2D eigenvalue weighted by Crippen LogP contribution is -2.30. The average Bonchev–Trinajstić information content (AvgIpc) is 3.09. The van der Waals surface area contributed by atoms with E-state index < -0.39 is 0 Å². The highest BCUT2D eigenvalue weighted by molar-refractivity contribution is 5.68. The van der Waals surface area contributed by atoms with Gasteiger partial charge in [-0.3, -0.25) is 0 Å². The van der Waals surface area contributed by atoms with Gasteiger partial charge in [-0.1, -0.05) is 60.7 Å². The Bertz CT molecular complexity index is 615. The van der Waals surface area contributed by atoms with Crippen LogP contribution < -0.4 is 0 Å². The second-order valence-corrected chi connectivity index (χ2v) is 5.69. The van der Waals surface area contributed by atoms with E-state index >= 15 is 0 Å². The molecule has 0 saturated carbocycles. The van der Waals surface area contributed by atoms with Crippen LogP contribution in [0.1, 0.15) is 17.5 Å². The number of likely N-dealkylation sites (tertiary alicyclic amines) is 1. The summed E-state index contributed by atoms with van der Waals surface area (Å²) >= 11 is 0. The highest BCUT2D eigenvalue weighted by Gasteiger charge is 2.27. The van der Waals surface area contributed by atoms with E-state index in [9.17, 15) is 4.79 Å². The molecule has 0 N–H and O–H groups in total. The first-order valence-electron chi connectivity index (χ1n) is 7.92. The molecule has 1 heterocycles. The predicted octanol–water partition coefficient (Wildman–Crippen LogP) is 3.61. The van der Waals surface area contributed by atoms with E-state index in [0.717, 1.165) is 17.5 Å². The van der Waals surface area contributed by atoms with Crippen LogP contribution in [-0.4, -0.2) is 30.2 Å². The van der Waals surface area contributed by atoms with Gasteiger partial charge in [-0.05, 0) is 17.5 Å². The summed E-state index contributed by atoms with van der Waals surface area (Å²) in [6, 6.07) is 19.8. The maximum atomic E-state index is 12.1. The number of ether oxygens (including phenoxy) is 2. The first-order valence-corrected chi connectivity index (χ1v) is 7.92. The Morgan fingerprint density at radius 1 is 0.957 bits per heavy atom. The van der Waals surface area contributed by atoms with Crippen molar-refractivity contribution in [2.75, 3.05) is 13.1 Å². The topological polar surface area (TPSA) is 38.8 Å². The minimum atomic E-state index is -0.264. The summed E-state index contributed by atoms with van der Waals surface area (Å²) in [4.78, 5) is 13.8. The lowest BCUT2D eigenvalue weighted by atomic mass is 10.2. The zero-order valence-corrected chi connectivity index (χ0v) is 13.1. The third kappa shape index (κ3) is 4.57. The Balaban J connectivity index is 1.41. The monoisotopic (exact) mass is 311 g/mol. The minimum absolute atomic E-state index is 0.0829. The molecule has 4 heteroatoms. The highest BCUT2D eigenvalue weighted by Crippen LogP contribution is 2.16. The van der Waals surface area contributed by atoms with Crippen molar-refractivity contribution in [1.82, 2.24) is 4.90 Å². The maximum Gasteiger partial charge on any atom is 0.410 e. The second kappa shape index (κ2) is 7.79. The van der Waals surface area contributed by atoms with Crippen LogP contribution in [-0.2, 0) is 22.7 Å². The minimum Gasteiger partial charge on any atom is -0.445 e. The van der Waals surface area contributed by atoms with Crippen molar-refractivity contribution in [3.63, 3.8) is 0 Å². The van der Waals surface area contributed by atoms with Gasteiger partial charge < -0.3 is 14.4 Å². The Morgan fingerprint density at radius 3 is 2.22 bits per heavy atom. The van der Waals surface area contributed by atoms with E-state index in [-0.39, 0.29) is 12.2 Å². The first-order chi connectivity index (χ1) is 11.3. The summed E-state index contributed by atoms with van der Waals surface area (Å²) < 4.78 is 11.2. The highest BCUT2D eigenvalue weighted by atomic mass is 16.6. The number of amides is 1. The van der Waals surface area contributed by atoms with Crippen molar-refractivity contribution >= 4 is 6.09 Å². The van der Waals surface area contributed by atoms with Crippen molar-refractivity contribution in [3.8, 4) is 0 Å². The van der Waals surface area contributed by atoms with Crippen LogP contribution in [0.15, 0.2) is 60.7 Å². The normalized spacial score (nSPS) is 17.2. The molecule has 0 aromatic heterocycles. The molecule has 1 amide bonds. The maximum absolute atomic E-state index is 12.1. The van der Waals surface area contributed by atoms with Gasteiger partial charge in [0.2, 0.25) is 0 Å². The zero-order valence-electron chi connectivity index (χ0n) is 13.1. The summed E-state index contributed by atoms with van der Waals surface area (Å²) in [5.74, 6) is 0. The first kappa shape index (κ1) is 15.6. The summed E-state index contributed by atoms with van der Waals surface area (Å²) in [5.41, 5.74) is 2.15. The summed E-state index contributed by atoms with van der Waals surface area (Å²) in [7, 11) is 0. The molecule has 0 spiro atoms. The van der Waals surface area contributed by atoms with Crippen LogP contribution in [0.5, 0.6) is 0 Å². The zero-order chi connectivity index (χ0) is 15.9. The van der Waals surface area contributed by atoms with E-state index in [0.29, 0.717) is 26.3 Å². The Morgan fingerprint density at radius 2 is 1.57 bits per heavy atom. The molecule has 1 saturated heterocycles. The fraction of sp³-hybridized carbons (Fsp3) is 0.316. The molecule has 1 unspecified atom stereocenters. The molecule has 2 aromatic rings. The van der Waals surface area contributed by atoms with Gasteiger partial charge in [-0.25, -0.2) is 4.79 Å². The van der Waals surface area contributed by atoms with E-state index in [2.05, 4.69) is 0 Å². The summed E-state index contributed by atoms with van der Waals surface area (Å²) in [6.45, 7) is 2.18. The number of carbonyl (C=O) groups excluding carboxylic acids is 1. The quantitative estimate of drug-likeness (QED) is 0.846. The molecule has 1 atom stereocenters. The molecule has 0 aliphatic carbocycles. The van der Waals surface area contributed by atoms with Gasteiger partial charge in [0.05, 0.1) is 19.3 Å². The molecule has 23 heavy (non-hydrogen) atoms. The van der Waals surface area contributed by atoms with Gasteiger partial charge in [-0.15, -0.1) is 0 Å². The van der Waals surface area contributed by atoms with Crippen molar-refractivity contribution in [2.24, 2.45) is 0 Å². The average molecular weight is 311 g/mol. The van der Waals surface area contributed by atoms with Crippen molar-refractivity contribution in [2.45, 2.75) is 25.7 Å². The number of hydrogen-bond donors (Lipinski definition) is 0. The lowest BCUT2D eigenvalue weighted by molar-refractivity contribution is 0.0432. The van der Waals surface area contributed by atoms with Gasteiger partial charge in [0.15, 0.2) is 0 Å². The van der Waals surface area contributed by atoms with Crippen LogP contribution in [0.4, 0.5) is 4.79 Å². The van der Waals surface area contributed by atoms with Crippen LogP contribution in [0.25, 0.3) is 0 Å². The molecule has 1 aliphatic heterocycles. The molecule has 3 rings (SSSR count). The molecule has 0 bridgehead atoms. The van der Waals surface area contributed by atoms with Crippen LogP contribution in [0.3, 0.4) is 0 Å². The standard InChI is InChI=1S/C19H21NO3/c21-19(23-15-17-9-5-2-6-10-17)20-12-11-18(13-20)22-14-16-7-3-1-4-8-16/h1-10,18H,11-15H2. The van der Waals surface area contributed by atoms with Gasteiger partial charge in [-0.2, -0.15) is 0 Å². The molecule has 2 aromatic carbocycles. The van der Waals surface area contributed by atoms with E-state index in [1.807, 2.05) is 60.7 Å². The second-order valence-electron chi connectivity index (χ2n) is 5.69. The van der Waals surface area contributed by atoms with Crippen LogP contribution in [0, 0.1) is 0 Å². The van der Waals surface area contributed by atoms with Crippen molar-refractivity contribution in [1.29, 1.82) is 0 Å². The van der Waals surface area contributed by atoms with Crippen LogP contribution >= 0.6 is 0 Å². The largest absolute Gasteiger partial charge is 0.445 e. The number of rotatable bonds is 5. The van der Waals surface area contributed by atoms with Gasteiger partial charge in [0, 0.05) is 6.54 Å². The molecule has 4 nitrogen and oxygen atoms in total. The Labute approximate surface area is 136 Å². The third-order valence-corrected chi connectivity index (χ3v) is 3.94. The molecule has 120 valence electrons. The predicted molar refractivity (Wildman–Crippen MR) is 87.8 cm³/mol. The van der Waals surface area contributed by atoms with Crippen molar-refractivity contribution < 1.29 is 14.3 Å². The number of carbonyl (C=O) groups is 1. The fourth-order valence-corrected chi connectivity index (χ4v) is 2.63. The van der Waals surface area contributed by atoms with E-state index in [1.54, 1.807) is 4.90 Å². The van der Waals surface area contributed by atoms with Gasteiger partial charge in [0.1, 0.15) is 6.61 Å². The van der Waals surface area contributed by atoms with E-state index in [1.165, 1.54) is 0 Å². The smallest absolute Gasteiger partial charge is 0.410 e. The molecular formula is C19H21NO3.